The van der Waals surface area contributed by atoms with Crippen LogP contribution in [0.4, 0.5) is 10.1 Å². The molecule has 5 nitrogen and oxygen atoms in total. The van der Waals surface area contributed by atoms with E-state index in [0.29, 0.717) is 0 Å². The van der Waals surface area contributed by atoms with E-state index in [9.17, 15) is 19.3 Å². The first-order chi connectivity index (χ1) is 5.54. The molecule has 0 saturated carbocycles. The number of aromatic amines is 1. The second-order valence-electron chi connectivity index (χ2n) is 1.89. The Kier molecular flexibility index (Phi) is 2.40. The van der Waals surface area contributed by atoms with Gasteiger partial charge in [-0.15, -0.1) is 0 Å². The Bertz CT molecular complexity index is 389. The smallest absolute Gasteiger partial charge is 0.322 e. The number of aromatic nitrogens is 1. The van der Waals surface area contributed by atoms with Gasteiger partial charge >= 0.3 is 11.2 Å². The highest BCUT2D eigenvalue weighted by Gasteiger charge is 2.21. The molecule has 0 fully saturated rings. The third kappa shape index (κ3) is 1.44. The second-order valence-corrected chi connectivity index (χ2v) is 3.05. The Morgan fingerprint density at radius 2 is 2.25 bits per heavy atom. The van der Waals surface area contributed by atoms with Crippen LogP contribution < -0.4 is 5.56 Å². The lowest BCUT2D eigenvalue weighted by molar-refractivity contribution is -0.389. The van der Waals surface area contributed by atoms with Crippen LogP contribution >= 0.6 is 22.6 Å². The van der Waals surface area contributed by atoms with Gasteiger partial charge in [-0.3, -0.25) is 14.9 Å². The van der Waals surface area contributed by atoms with Crippen LogP contribution in [0.3, 0.4) is 0 Å². The molecule has 0 amide bonds. The van der Waals surface area contributed by atoms with Crippen LogP contribution in [0.25, 0.3) is 0 Å². The lowest BCUT2D eigenvalue weighted by Gasteiger charge is -1.93. The summed E-state index contributed by atoms with van der Waals surface area (Å²) in [6, 6.07) is 0. The molecule has 1 N–H and O–H groups in total. The summed E-state index contributed by atoms with van der Waals surface area (Å²) >= 11 is 1.55. The maximum Gasteiger partial charge on any atom is 0.370 e. The number of hydrogen-bond donors (Lipinski definition) is 1. The van der Waals surface area contributed by atoms with Gasteiger partial charge in [0.15, 0.2) is 0 Å². The summed E-state index contributed by atoms with van der Waals surface area (Å²) < 4.78 is 12.9. The minimum Gasteiger partial charge on any atom is -0.322 e. The van der Waals surface area contributed by atoms with Gasteiger partial charge in [-0.05, 0) is 22.6 Å². The van der Waals surface area contributed by atoms with Crippen molar-refractivity contribution in [1.29, 1.82) is 0 Å². The van der Waals surface area contributed by atoms with Crippen LogP contribution in [0, 0.1) is 19.5 Å². The molecule has 0 aliphatic carbocycles. The SMILES string of the molecule is O=c1[nH]cc(I)c(F)c1[N+](=O)[O-]. The number of pyridine rings is 1. The molecule has 0 aliphatic heterocycles. The van der Waals surface area contributed by atoms with Gasteiger partial charge in [0.1, 0.15) is 0 Å². The summed E-state index contributed by atoms with van der Waals surface area (Å²) in [4.78, 5) is 21.8. The van der Waals surface area contributed by atoms with Crippen molar-refractivity contribution in [2.75, 3.05) is 0 Å². The number of nitrogens with one attached hydrogen (secondary N) is 1. The van der Waals surface area contributed by atoms with Crippen molar-refractivity contribution in [3.05, 3.63) is 36.1 Å². The first-order valence-corrected chi connectivity index (χ1v) is 3.83. The van der Waals surface area contributed by atoms with Crippen molar-refractivity contribution >= 4 is 28.3 Å². The van der Waals surface area contributed by atoms with Gasteiger partial charge in [0.2, 0.25) is 5.82 Å². The number of nitro groups is 1. The normalized spacial score (nSPS) is 9.83. The summed E-state index contributed by atoms with van der Waals surface area (Å²) in [5, 5.41) is 10.1. The summed E-state index contributed by atoms with van der Waals surface area (Å²) in [5.41, 5.74) is -2.07. The van der Waals surface area contributed by atoms with Gasteiger partial charge in [-0.25, -0.2) is 0 Å². The molecular formula is C5H2FIN2O3. The van der Waals surface area contributed by atoms with Crippen LogP contribution in [0.5, 0.6) is 0 Å². The highest BCUT2D eigenvalue weighted by molar-refractivity contribution is 14.1. The van der Waals surface area contributed by atoms with Gasteiger partial charge in [-0.2, -0.15) is 4.39 Å². The van der Waals surface area contributed by atoms with Crippen molar-refractivity contribution in [3.63, 3.8) is 0 Å². The van der Waals surface area contributed by atoms with Crippen molar-refractivity contribution < 1.29 is 9.31 Å². The van der Waals surface area contributed by atoms with Crippen LogP contribution in [0.2, 0.25) is 0 Å². The summed E-state index contributed by atoms with van der Waals surface area (Å²) in [6.45, 7) is 0. The highest BCUT2D eigenvalue weighted by atomic mass is 127. The van der Waals surface area contributed by atoms with Gasteiger partial charge in [-0.1, -0.05) is 0 Å². The maximum absolute atomic E-state index is 12.8. The fourth-order valence-corrected chi connectivity index (χ4v) is 1.05. The van der Waals surface area contributed by atoms with Crippen LogP contribution in [0.15, 0.2) is 11.0 Å². The molecule has 0 spiro atoms. The zero-order valence-electron chi connectivity index (χ0n) is 5.51. The van der Waals surface area contributed by atoms with E-state index in [1.807, 2.05) is 4.98 Å². The number of H-pyrrole nitrogens is 1. The number of nitrogens with zero attached hydrogens (tertiary/aromatic N) is 1. The summed E-state index contributed by atoms with van der Waals surface area (Å²) in [7, 11) is 0. The summed E-state index contributed by atoms with van der Waals surface area (Å²) in [5.74, 6) is -1.09. The molecule has 1 aromatic rings. The lowest BCUT2D eigenvalue weighted by Crippen LogP contribution is -2.14. The molecule has 0 saturated heterocycles. The third-order valence-electron chi connectivity index (χ3n) is 1.15. The molecule has 64 valence electrons. The number of hydrogen-bond acceptors (Lipinski definition) is 3. The van der Waals surface area contributed by atoms with Gasteiger partial charge in [0.25, 0.3) is 0 Å². The van der Waals surface area contributed by atoms with E-state index in [-0.39, 0.29) is 3.57 Å². The zero-order valence-corrected chi connectivity index (χ0v) is 7.66. The largest absolute Gasteiger partial charge is 0.370 e. The van der Waals surface area contributed by atoms with E-state index in [1.165, 1.54) is 0 Å². The molecular weight excluding hydrogens is 282 g/mol. The fraction of sp³-hybridized carbons (Fsp3) is 0. The van der Waals surface area contributed by atoms with Crippen LogP contribution in [0.1, 0.15) is 0 Å². The Morgan fingerprint density at radius 1 is 1.67 bits per heavy atom. The average molecular weight is 284 g/mol. The number of rotatable bonds is 1. The molecule has 0 bridgehead atoms. The molecule has 1 rings (SSSR count). The molecule has 0 aromatic carbocycles. The number of halogens is 2. The Balaban J connectivity index is 3.54. The fourth-order valence-electron chi connectivity index (χ4n) is 0.636. The van der Waals surface area contributed by atoms with Gasteiger partial charge in [0.05, 0.1) is 8.49 Å². The van der Waals surface area contributed by atoms with Crippen molar-refractivity contribution in [3.8, 4) is 0 Å². The first-order valence-electron chi connectivity index (χ1n) is 2.75. The summed E-state index contributed by atoms with van der Waals surface area (Å²) in [6.07, 6.45) is 1.07. The van der Waals surface area contributed by atoms with Crippen molar-refractivity contribution in [2.45, 2.75) is 0 Å². The minimum atomic E-state index is -1.09. The average Bonchev–Trinajstić information content (AvgIpc) is 1.97. The van der Waals surface area contributed by atoms with E-state index in [1.54, 1.807) is 22.6 Å². The monoisotopic (exact) mass is 284 g/mol. The Labute approximate surface area is 78.9 Å². The zero-order chi connectivity index (χ0) is 9.30. The van der Waals surface area contributed by atoms with Crippen LogP contribution in [-0.4, -0.2) is 9.91 Å². The topological polar surface area (TPSA) is 76.0 Å². The molecule has 7 heteroatoms. The molecule has 0 radical (unpaired) electrons. The minimum absolute atomic E-state index is 0.0129. The molecule has 0 aliphatic rings. The maximum atomic E-state index is 12.8. The predicted molar refractivity (Wildman–Crippen MR) is 46.4 cm³/mol. The van der Waals surface area contributed by atoms with Crippen molar-refractivity contribution in [2.24, 2.45) is 0 Å². The third-order valence-corrected chi connectivity index (χ3v) is 1.93. The van der Waals surface area contributed by atoms with Crippen LogP contribution in [-0.2, 0) is 0 Å². The Hall–Kier alpha value is -0.990. The highest BCUT2D eigenvalue weighted by Crippen LogP contribution is 2.15. The molecule has 1 heterocycles. The van der Waals surface area contributed by atoms with Gasteiger partial charge in [0, 0.05) is 6.20 Å². The van der Waals surface area contributed by atoms with E-state index < -0.39 is 22.0 Å². The molecule has 0 atom stereocenters. The molecule has 1 aromatic heterocycles. The van der Waals surface area contributed by atoms with E-state index in [2.05, 4.69) is 0 Å². The lowest BCUT2D eigenvalue weighted by atomic mass is 10.4. The van der Waals surface area contributed by atoms with E-state index in [4.69, 9.17) is 0 Å². The quantitative estimate of drug-likeness (QED) is 0.475. The Morgan fingerprint density at radius 3 is 2.67 bits per heavy atom. The standard InChI is InChI=1S/C5H2FIN2O3/c6-3-2(7)1-8-5(10)4(3)9(11)12/h1H,(H,8,10). The van der Waals surface area contributed by atoms with Crippen molar-refractivity contribution in [1.82, 2.24) is 4.98 Å². The molecule has 12 heavy (non-hydrogen) atoms. The second kappa shape index (κ2) is 3.17. The molecule has 0 unspecified atom stereocenters. The predicted octanol–water partition coefficient (Wildman–Crippen LogP) is 1.03. The van der Waals surface area contributed by atoms with E-state index in [0.717, 1.165) is 6.20 Å². The first kappa shape index (κ1) is 9.10. The van der Waals surface area contributed by atoms with Gasteiger partial charge < -0.3 is 4.98 Å². The van der Waals surface area contributed by atoms with E-state index >= 15 is 0 Å².